The van der Waals surface area contributed by atoms with Crippen molar-refractivity contribution >= 4 is 11.6 Å². The van der Waals surface area contributed by atoms with Crippen LogP contribution in [0.2, 0.25) is 5.02 Å². The molecule has 4 heteroatoms. The van der Waals surface area contributed by atoms with Gasteiger partial charge in [-0.3, -0.25) is 0 Å². The summed E-state index contributed by atoms with van der Waals surface area (Å²) in [6, 6.07) is 3.56. The first-order chi connectivity index (χ1) is 8.11. The SMILES string of the molecule is CCC(C)CC(O)c1cc(Cl)c2c(c1)OCO2. The molecule has 0 aliphatic carbocycles. The summed E-state index contributed by atoms with van der Waals surface area (Å²) in [5.41, 5.74) is 0.791. The van der Waals surface area contributed by atoms with E-state index in [0.29, 0.717) is 22.4 Å². The largest absolute Gasteiger partial charge is 0.454 e. The molecule has 1 heterocycles. The van der Waals surface area contributed by atoms with Crippen molar-refractivity contribution in [1.82, 2.24) is 0 Å². The quantitative estimate of drug-likeness (QED) is 0.896. The Morgan fingerprint density at radius 1 is 1.41 bits per heavy atom. The van der Waals surface area contributed by atoms with E-state index in [4.69, 9.17) is 21.1 Å². The Balaban J connectivity index is 2.19. The fraction of sp³-hybridized carbons (Fsp3) is 0.538. The van der Waals surface area contributed by atoms with E-state index in [1.165, 1.54) is 0 Å². The second-order valence-corrected chi connectivity index (χ2v) is 4.91. The van der Waals surface area contributed by atoms with Gasteiger partial charge in [-0.25, -0.2) is 0 Å². The molecule has 2 atom stereocenters. The van der Waals surface area contributed by atoms with E-state index in [9.17, 15) is 5.11 Å². The minimum atomic E-state index is -0.503. The number of halogens is 1. The number of hydrogen-bond acceptors (Lipinski definition) is 3. The van der Waals surface area contributed by atoms with Crippen molar-refractivity contribution in [3.63, 3.8) is 0 Å². The molecule has 1 aromatic carbocycles. The average molecular weight is 257 g/mol. The van der Waals surface area contributed by atoms with Gasteiger partial charge in [0.1, 0.15) is 0 Å². The molecule has 3 nitrogen and oxygen atoms in total. The molecule has 1 N–H and O–H groups in total. The van der Waals surface area contributed by atoms with Gasteiger partial charge in [-0.2, -0.15) is 0 Å². The third-order valence-electron chi connectivity index (χ3n) is 3.16. The third-order valence-corrected chi connectivity index (χ3v) is 3.44. The van der Waals surface area contributed by atoms with Crippen LogP contribution >= 0.6 is 11.6 Å². The number of fused-ring (bicyclic) bond motifs is 1. The van der Waals surface area contributed by atoms with Gasteiger partial charge in [-0.15, -0.1) is 0 Å². The highest BCUT2D eigenvalue weighted by Crippen LogP contribution is 2.41. The second kappa shape index (κ2) is 5.15. The molecule has 0 amide bonds. The van der Waals surface area contributed by atoms with Crippen LogP contribution in [0.4, 0.5) is 0 Å². The standard InChI is InChI=1S/C13H17ClO3/c1-3-8(2)4-11(15)9-5-10(14)13-12(6-9)16-7-17-13/h5-6,8,11,15H,3-4,7H2,1-2H3. The van der Waals surface area contributed by atoms with Crippen LogP contribution in [0.3, 0.4) is 0 Å². The molecule has 17 heavy (non-hydrogen) atoms. The van der Waals surface area contributed by atoms with Crippen LogP contribution in [0.1, 0.15) is 38.4 Å². The van der Waals surface area contributed by atoms with Crippen molar-refractivity contribution in [3.05, 3.63) is 22.7 Å². The fourth-order valence-corrected chi connectivity index (χ4v) is 2.14. The predicted octanol–water partition coefficient (Wildman–Crippen LogP) is 3.54. The molecule has 0 aromatic heterocycles. The monoisotopic (exact) mass is 256 g/mol. The Morgan fingerprint density at radius 3 is 2.88 bits per heavy atom. The van der Waals surface area contributed by atoms with Crippen LogP contribution in [0, 0.1) is 5.92 Å². The number of ether oxygens (including phenoxy) is 2. The third kappa shape index (κ3) is 2.67. The van der Waals surface area contributed by atoms with E-state index in [0.717, 1.165) is 18.4 Å². The second-order valence-electron chi connectivity index (χ2n) is 4.50. The van der Waals surface area contributed by atoms with Crippen LogP contribution in [0.25, 0.3) is 0 Å². The Bertz CT molecular complexity index is 406. The molecule has 0 radical (unpaired) electrons. The van der Waals surface area contributed by atoms with Crippen molar-refractivity contribution in [2.75, 3.05) is 6.79 Å². The first-order valence-electron chi connectivity index (χ1n) is 5.89. The first-order valence-corrected chi connectivity index (χ1v) is 6.26. The van der Waals surface area contributed by atoms with Gasteiger partial charge in [0.05, 0.1) is 11.1 Å². The summed E-state index contributed by atoms with van der Waals surface area (Å²) in [6.07, 6.45) is 1.28. The molecular formula is C13H17ClO3. The average Bonchev–Trinajstić information content (AvgIpc) is 2.77. The van der Waals surface area contributed by atoms with Crippen LogP contribution in [0.5, 0.6) is 11.5 Å². The van der Waals surface area contributed by atoms with Gasteiger partial charge in [0, 0.05) is 0 Å². The zero-order valence-electron chi connectivity index (χ0n) is 10.1. The molecule has 2 unspecified atom stereocenters. The van der Waals surface area contributed by atoms with Crippen LogP contribution in [-0.2, 0) is 0 Å². The van der Waals surface area contributed by atoms with Gasteiger partial charge in [0.25, 0.3) is 0 Å². The molecular weight excluding hydrogens is 240 g/mol. The lowest BCUT2D eigenvalue weighted by atomic mass is 9.96. The molecule has 0 saturated heterocycles. The minimum absolute atomic E-state index is 0.194. The number of benzene rings is 1. The highest BCUT2D eigenvalue weighted by Gasteiger charge is 2.21. The molecule has 94 valence electrons. The van der Waals surface area contributed by atoms with Gasteiger partial charge in [-0.1, -0.05) is 31.9 Å². The molecule has 1 aromatic rings. The molecule has 2 rings (SSSR count). The summed E-state index contributed by atoms with van der Waals surface area (Å²) in [5.74, 6) is 1.68. The number of aliphatic hydroxyl groups excluding tert-OH is 1. The van der Waals surface area contributed by atoms with Gasteiger partial charge < -0.3 is 14.6 Å². The summed E-state index contributed by atoms with van der Waals surface area (Å²) in [4.78, 5) is 0. The van der Waals surface area contributed by atoms with E-state index in [-0.39, 0.29) is 6.79 Å². The maximum atomic E-state index is 10.1. The molecule has 1 aliphatic heterocycles. The summed E-state index contributed by atoms with van der Waals surface area (Å²) in [5, 5.41) is 10.6. The zero-order chi connectivity index (χ0) is 12.4. The van der Waals surface area contributed by atoms with Crippen molar-refractivity contribution in [2.45, 2.75) is 32.8 Å². The van der Waals surface area contributed by atoms with E-state index < -0.39 is 6.10 Å². The summed E-state index contributed by atoms with van der Waals surface area (Å²) >= 11 is 6.07. The van der Waals surface area contributed by atoms with E-state index in [1.807, 2.05) is 0 Å². The number of hydrogen-bond donors (Lipinski definition) is 1. The van der Waals surface area contributed by atoms with Gasteiger partial charge in [0.2, 0.25) is 6.79 Å². The summed E-state index contributed by atoms with van der Waals surface area (Å²) in [7, 11) is 0. The molecule has 1 aliphatic rings. The van der Waals surface area contributed by atoms with Crippen LogP contribution < -0.4 is 9.47 Å². The van der Waals surface area contributed by atoms with Gasteiger partial charge in [0.15, 0.2) is 11.5 Å². The molecule has 0 fully saturated rings. The normalized spacial score (nSPS) is 16.9. The predicted molar refractivity (Wildman–Crippen MR) is 66.6 cm³/mol. The first kappa shape index (κ1) is 12.5. The maximum absolute atomic E-state index is 10.1. The number of rotatable bonds is 4. The minimum Gasteiger partial charge on any atom is -0.454 e. The topological polar surface area (TPSA) is 38.7 Å². The van der Waals surface area contributed by atoms with Crippen molar-refractivity contribution in [3.8, 4) is 11.5 Å². The lowest BCUT2D eigenvalue weighted by molar-refractivity contribution is 0.146. The van der Waals surface area contributed by atoms with Gasteiger partial charge in [-0.05, 0) is 30.0 Å². The molecule has 0 spiro atoms. The van der Waals surface area contributed by atoms with Crippen molar-refractivity contribution in [2.24, 2.45) is 5.92 Å². The van der Waals surface area contributed by atoms with Crippen molar-refractivity contribution < 1.29 is 14.6 Å². The highest BCUT2D eigenvalue weighted by atomic mass is 35.5. The van der Waals surface area contributed by atoms with Crippen molar-refractivity contribution in [1.29, 1.82) is 0 Å². The highest BCUT2D eigenvalue weighted by molar-refractivity contribution is 6.32. The Labute approximate surface area is 106 Å². The lowest BCUT2D eigenvalue weighted by Crippen LogP contribution is -2.03. The molecule has 0 saturated carbocycles. The lowest BCUT2D eigenvalue weighted by Gasteiger charge is -2.16. The van der Waals surface area contributed by atoms with Crippen LogP contribution in [0.15, 0.2) is 12.1 Å². The van der Waals surface area contributed by atoms with E-state index in [2.05, 4.69) is 13.8 Å². The maximum Gasteiger partial charge on any atom is 0.231 e. The molecule has 0 bridgehead atoms. The number of aliphatic hydroxyl groups is 1. The van der Waals surface area contributed by atoms with Gasteiger partial charge >= 0.3 is 0 Å². The Hall–Kier alpha value is -0.930. The van der Waals surface area contributed by atoms with E-state index >= 15 is 0 Å². The Morgan fingerprint density at radius 2 is 2.18 bits per heavy atom. The Kier molecular flexibility index (Phi) is 3.79. The zero-order valence-corrected chi connectivity index (χ0v) is 10.8. The fourth-order valence-electron chi connectivity index (χ4n) is 1.86. The van der Waals surface area contributed by atoms with E-state index in [1.54, 1.807) is 12.1 Å². The summed E-state index contributed by atoms with van der Waals surface area (Å²) in [6.45, 7) is 4.43. The smallest absolute Gasteiger partial charge is 0.231 e. The summed E-state index contributed by atoms with van der Waals surface area (Å²) < 4.78 is 10.5. The van der Waals surface area contributed by atoms with Crippen LogP contribution in [-0.4, -0.2) is 11.9 Å².